The average Bonchev–Trinajstić information content (AvgIpc) is 2.98. The highest BCUT2D eigenvalue weighted by molar-refractivity contribution is 7.10. The maximum absolute atomic E-state index is 12.0. The Labute approximate surface area is 126 Å². The van der Waals surface area contributed by atoms with E-state index in [0.717, 1.165) is 4.88 Å². The molecule has 1 heterocycles. The standard InChI is InChI=1S/C15H14N2O3S/c1-16(15(18)9-8-13-6-4-10-21-13)11-12-5-2-3-7-14(12)17(19)20/h2-10H,11H2,1H3/b9-8+. The molecule has 0 radical (unpaired) electrons. The van der Waals surface area contributed by atoms with Gasteiger partial charge < -0.3 is 4.90 Å². The molecule has 6 heteroatoms. The summed E-state index contributed by atoms with van der Waals surface area (Å²) in [5.41, 5.74) is 0.544. The molecule has 5 nitrogen and oxygen atoms in total. The number of thiophene rings is 1. The van der Waals surface area contributed by atoms with Crippen molar-refractivity contribution in [2.45, 2.75) is 6.54 Å². The third-order valence-electron chi connectivity index (χ3n) is 2.91. The molecule has 0 aliphatic heterocycles. The number of benzene rings is 1. The van der Waals surface area contributed by atoms with Gasteiger partial charge in [-0.2, -0.15) is 0 Å². The molecular weight excluding hydrogens is 288 g/mol. The van der Waals surface area contributed by atoms with Crippen LogP contribution in [0.15, 0.2) is 47.9 Å². The van der Waals surface area contributed by atoms with Gasteiger partial charge >= 0.3 is 0 Å². The van der Waals surface area contributed by atoms with Gasteiger partial charge in [-0.05, 0) is 17.5 Å². The zero-order chi connectivity index (χ0) is 15.2. The summed E-state index contributed by atoms with van der Waals surface area (Å²) < 4.78 is 0. The Morgan fingerprint density at radius 1 is 1.33 bits per heavy atom. The SMILES string of the molecule is CN(Cc1ccccc1[N+](=O)[O-])C(=O)/C=C/c1cccs1. The lowest BCUT2D eigenvalue weighted by atomic mass is 10.1. The maximum atomic E-state index is 12.0. The molecule has 1 aromatic carbocycles. The maximum Gasteiger partial charge on any atom is 0.274 e. The first-order valence-electron chi connectivity index (χ1n) is 6.27. The number of amides is 1. The van der Waals surface area contributed by atoms with E-state index in [4.69, 9.17) is 0 Å². The molecule has 0 N–H and O–H groups in total. The number of carbonyl (C=O) groups excluding carboxylic acids is 1. The van der Waals surface area contributed by atoms with Crippen molar-refractivity contribution in [3.8, 4) is 0 Å². The summed E-state index contributed by atoms with van der Waals surface area (Å²) in [6.45, 7) is 0.199. The van der Waals surface area contributed by atoms with Gasteiger partial charge in [-0.1, -0.05) is 24.3 Å². The lowest BCUT2D eigenvalue weighted by Gasteiger charge is -2.15. The first kappa shape index (κ1) is 14.9. The second-order valence-electron chi connectivity index (χ2n) is 4.43. The molecule has 0 atom stereocenters. The van der Waals surface area contributed by atoms with Crippen molar-refractivity contribution in [2.24, 2.45) is 0 Å². The molecule has 21 heavy (non-hydrogen) atoms. The lowest BCUT2D eigenvalue weighted by Crippen LogP contribution is -2.24. The number of hydrogen-bond donors (Lipinski definition) is 0. The van der Waals surface area contributed by atoms with Crippen LogP contribution in [0.5, 0.6) is 0 Å². The van der Waals surface area contributed by atoms with Crippen molar-refractivity contribution in [1.82, 2.24) is 4.90 Å². The van der Waals surface area contributed by atoms with Gasteiger partial charge in [0.2, 0.25) is 5.91 Å². The number of carbonyl (C=O) groups is 1. The number of nitro benzene ring substituents is 1. The topological polar surface area (TPSA) is 63.4 Å². The van der Waals surface area contributed by atoms with Gasteiger partial charge in [-0.25, -0.2) is 0 Å². The molecule has 0 saturated carbocycles. The molecule has 2 aromatic rings. The smallest absolute Gasteiger partial charge is 0.274 e. The molecule has 0 bridgehead atoms. The molecular formula is C15H14N2O3S. The average molecular weight is 302 g/mol. The number of rotatable bonds is 5. The summed E-state index contributed by atoms with van der Waals surface area (Å²) >= 11 is 1.54. The highest BCUT2D eigenvalue weighted by atomic mass is 32.1. The fourth-order valence-corrected chi connectivity index (χ4v) is 2.44. The Morgan fingerprint density at radius 3 is 2.76 bits per heavy atom. The molecule has 0 spiro atoms. The van der Waals surface area contributed by atoms with E-state index in [9.17, 15) is 14.9 Å². The summed E-state index contributed by atoms with van der Waals surface area (Å²) in [6.07, 6.45) is 3.21. The zero-order valence-electron chi connectivity index (χ0n) is 11.4. The summed E-state index contributed by atoms with van der Waals surface area (Å²) in [4.78, 5) is 24.9. The van der Waals surface area contributed by atoms with E-state index in [1.165, 1.54) is 17.0 Å². The number of nitrogens with zero attached hydrogens (tertiary/aromatic N) is 2. The Balaban J connectivity index is 2.06. The minimum atomic E-state index is -0.435. The van der Waals surface area contributed by atoms with Gasteiger partial charge in [-0.15, -0.1) is 11.3 Å². The van der Waals surface area contributed by atoms with Gasteiger partial charge in [0.1, 0.15) is 0 Å². The van der Waals surface area contributed by atoms with Crippen LogP contribution >= 0.6 is 11.3 Å². The van der Waals surface area contributed by atoms with Crippen molar-refractivity contribution in [3.63, 3.8) is 0 Å². The van der Waals surface area contributed by atoms with Crippen molar-refractivity contribution >= 4 is 29.0 Å². The quantitative estimate of drug-likeness (QED) is 0.483. The highest BCUT2D eigenvalue weighted by Gasteiger charge is 2.15. The monoisotopic (exact) mass is 302 g/mol. The van der Waals surface area contributed by atoms with E-state index < -0.39 is 4.92 Å². The molecule has 108 valence electrons. The number of likely N-dealkylation sites (N-methyl/N-ethyl adjacent to an activating group) is 1. The van der Waals surface area contributed by atoms with Gasteiger partial charge in [0.05, 0.1) is 11.5 Å². The van der Waals surface area contributed by atoms with Gasteiger partial charge in [0.25, 0.3) is 5.69 Å². The van der Waals surface area contributed by atoms with E-state index in [-0.39, 0.29) is 18.1 Å². The van der Waals surface area contributed by atoms with Gasteiger partial charge in [0, 0.05) is 29.6 Å². The zero-order valence-corrected chi connectivity index (χ0v) is 12.2. The van der Waals surface area contributed by atoms with E-state index in [1.54, 1.807) is 42.7 Å². The summed E-state index contributed by atoms with van der Waals surface area (Å²) in [6, 6.07) is 10.3. The normalized spacial score (nSPS) is 10.7. The molecule has 1 aromatic heterocycles. The Hall–Kier alpha value is -2.47. The van der Waals surface area contributed by atoms with Crippen molar-refractivity contribution < 1.29 is 9.72 Å². The van der Waals surface area contributed by atoms with Crippen molar-refractivity contribution in [1.29, 1.82) is 0 Å². The second kappa shape index (κ2) is 6.81. The van der Waals surface area contributed by atoms with Crippen LogP contribution in [0.4, 0.5) is 5.69 Å². The molecule has 0 aliphatic carbocycles. The Bertz CT molecular complexity index is 665. The summed E-state index contributed by atoms with van der Waals surface area (Å²) in [5, 5.41) is 12.9. The summed E-state index contributed by atoms with van der Waals surface area (Å²) in [7, 11) is 1.62. The molecule has 1 amide bonds. The second-order valence-corrected chi connectivity index (χ2v) is 5.41. The number of hydrogen-bond acceptors (Lipinski definition) is 4. The van der Waals surface area contributed by atoms with E-state index >= 15 is 0 Å². The molecule has 2 rings (SSSR count). The Kier molecular flexibility index (Phi) is 4.84. The van der Waals surface area contributed by atoms with Crippen LogP contribution in [0.1, 0.15) is 10.4 Å². The van der Waals surface area contributed by atoms with Crippen molar-refractivity contribution in [3.05, 3.63) is 68.4 Å². The third kappa shape index (κ3) is 4.00. The van der Waals surface area contributed by atoms with Gasteiger partial charge in [0.15, 0.2) is 0 Å². The van der Waals surface area contributed by atoms with Crippen molar-refractivity contribution in [2.75, 3.05) is 7.05 Å². The predicted octanol–water partition coefficient (Wildman–Crippen LogP) is 3.33. The lowest BCUT2D eigenvalue weighted by molar-refractivity contribution is -0.385. The first-order chi connectivity index (χ1) is 10.1. The van der Waals surface area contributed by atoms with Crippen LogP contribution in [0.3, 0.4) is 0 Å². The van der Waals surface area contributed by atoms with E-state index in [1.807, 2.05) is 17.5 Å². The highest BCUT2D eigenvalue weighted by Crippen LogP contribution is 2.19. The Morgan fingerprint density at radius 2 is 2.10 bits per heavy atom. The van der Waals surface area contributed by atoms with E-state index in [0.29, 0.717) is 5.56 Å². The van der Waals surface area contributed by atoms with Crippen LogP contribution < -0.4 is 0 Å². The predicted molar refractivity (Wildman–Crippen MR) is 82.9 cm³/mol. The molecule has 0 unspecified atom stereocenters. The molecule has 0 fully saturated rings. The largest absolute Gasteiger partial charge is 0.338 e. The first-order valence-corrected chi connectivity index (χ1v) is 7.15. The summed E-state index contributed by atoms with van der Waals surface area (Å²) in [5.74, 6) is -0.193. The fraction of sp³-hybridized carbons (Fsp3) is 0.133. The molecule has 0 aliphatic rings. The molecule has 0 saturated heterocycles. The van der Waals surface area contributed by atoms with Gasteiger partial charge in [-0.3, -0.25) is 14.9 Å². The number of para-hydroxylation sites is 1. The van der Waals surface area contributed by atoms with Crippen LogP contribution in [0.2, 0.25) is 0 Å². The van der Waals surface area contributed by atoms with Crippen LogP contribution in [0, 0.1) is 10.1 Å². The third-order valence-corrected chi connectivity index (χ3v) is 3.74. The van der Waals surface area contributed by atoms with Crippen LogP contribution in [0.25, 0.3) is 6.08 Å². The number of nitro groups is 1. The fourth-order valence-electron chi connectivity index (χ4n) is 1.82. The van der Waals surface area contributed by atoms with Crippen LogP contribution in [-0.2, 0) is 11.3 Å². The minimum Gasteiger partial charge on any atom is -0.338 e. The van der Waals surface area contributed by atoms with E-state index in [2.05, 4.69) is 0 Å². The van der Waals surface area contributed by atoms with Crippen LogP contribution in [-0.4, -0.2) is 22.8 Å². The minimum absolute atomic E-state index is 0.0272.